The molecular formula is C25H27N3O4S2. The Morgan fingerprint density at radius 2 is 1.74 bits per heavy atom. The smallest absolute Gasteiger partial charge is 0.261 e. The highest BCUT2D eigenvalue weighted by atomic mass is 32.1. The van der Waals surface area contributed by atoms with Gasteiger partial charge in [0.15, 0.2) is 0 Å². The molecule has 0 aliphatic heterocycles. The number of nitrogens with one attached hydrogen (secondary N) is 2. The molecule has 9 heteroatoms. The summed E-state index contributed by atoms with van der Waals surface area (Å²) in [5, 5.41) is 9.54. The molecule has 4 rings (SSSR count). The number of hydrogen-bond donors (Lipinski definition) is 2. The summed E-state index contributed by atoms with van der Waals surface area (Å²) in [7, 11) is 1.57. The number of hydrogen-bond acceptors (Lipinski definition) is 6. The van der Waals surface area contributed by atoms with Gasteiger partial charge in [0.05, 0.1) is 18.5 Å². The highest BCUT2D eigenvalue weighted by Crippen LogP contribution is 2.32. The van der Waals surface area contributed by atoms with Gasteiger partial charge in [-0.25, -0.2) is 0 Å². The van der Waals surface area contributed by atoms with Crippen LogP contribution in [0.3, 0.4) is 0 Å². The summed E-state index contributed by atoms with van der Waals surface area (Å²) in [6, 6.07) is 13.5. The van der Waals surface area contributed by atoms with Crippen LogP contribution in [0.15, 0.2) is 59.3 Å². The first-order valence-corrected chi connectivity index (χ1v) is 12.9. The molecule has 7 nitrogen and oxygen atoms in total. The van der Waals surface area contributed by atoms with Crippen LogP contribution in [0.1, 0.15) is 46.3 Å². The average molecular weight is 498 g/mol. The van der Waals surface area contributed by atoms with Crippen LogP contribution in [-0.4, -0.2) is 37.4 Å². The fraction of sp³-hybridized carbons (Fsp3) is 0.320. The van der Waals surface area contributed by atoms with Crippen molar-refractivity contribution in [3.63, 3.8) is 0 Å². The highest BCUT2D eigenvalue weighted by molar-refractivity contribution is 7.12. The highest BCUT2D eigenvalue weighted by Gasteiger charge is 2.35. The van der Waals surface area contributed by atoms with Gasteiger partial charge in [0.1, 0.15) is 11.8 Å². The topological polar surface area (TPSA) is 87.7 Å². The van der Waals surface area contributed by atoms with Gasteiger partial charge in [-0.05, 0) is 60.0 Å². The molecule has 0 unspecified atom stereocenters. The van der Waals surface area contributed by atoms with Crippen LogP contribution in [0.2, 0.25) is 0 Å². The van der Waals surface area contributed by atoms with Crippen LogP contribution in [0.25, 0.3) is 0 Å². The van der Waals surface area contributed by atoms with E-state index in [9.17, 15) is 14.4 Å². The molecule has 0 bridgehead atoms. The van der Waals surface area contributed by atoms with Crippen LogP contribution in [0.5, 0.6) is 5.75 Å². The van der Waals surface area contributed by atoms with E-state index >= 15 is 0 Å². The third-order valence-electron chi connectivity index (χ3n) is 5.79. The Labute approximate surface area is 206 Å². The molecule has 2 aromatic heterocycles. The van der Waals surface area contributed by atoms with E-state index in [2.05, 4.69) is 10.6 Å². The maximum absolute atomic E-state index is 13.6. The maximum Gasteiger partial charge on any atom is 0.261 e. The largest absolute Gasteiger partial charge is 0.497 e. The molecule has 2 heterocycles. The van der Waals surface area contributed by atoms with E-state index in [4.69, 9.17) is 4.74 Å². The fourth-order valence-corrected chi connectivity index (χ4v) is 5.54. The Bertz CT molecular complexity index is 1090. The normalized spacial score (nSPS) is 14.4. The van der Waals surface area contributed by atoms with Crippen molar-refractivity contribution in [1.29, 1.82) is 0 Å². The summed E-state index contributed by atoms with van der Waals surface area (Å²) in [6.45, 7) is -0.235. The summed E-state index contributed by atoms with van der Waals surface area (Å²) in [6.07, 6.45) is 4.06. The van der Waals surface area contributed by atoms with E-state index in [1.54, 1.807) is 48.9 Å². The van der Waals surface area contributed by atoms with Crippen LogP contribution in [0, 0.1) is 0 Å². The van der Waals surface area contributed by atoms with Crippen molar-refractivity contribution < 1.29 is 19.1 Å². The van der Waals surface area contributed by atoms with Crippen LogP contribution < -0.4 is 20.3 Å². The van der Waals surface area contributed by atoms with E-state index in [1.807, 2.05) is 17.5 Å². The third-order valence-corrected chi connectivity index (χ3v) is 7.58. The van der Waals surface area contributed by atoms with Crippen molar-refractivity contribution in [1.82, 2.24) is 10.6 Å². The van der Waals surface area contributed by atoms with Gasteiger partial charge in [0, 0.05) is 16.6 Å². The molecule has 0 saturated heterocycles. The lowest BCUT2D eigenvalue weighted by molar-refractivity contribution is -0.126. The van der Waals surface area contributed by atoms with Gasteiger partial charge in [0.2, 0.25) is 11.8 Å². The lowest BCUT2D eigenvalue weighted by Gasteiger charge is -2.31. The van der Waals surface area contributed by atoms with Gasteiger partial charge < -0.3 is 15.4 Å². The third kappa shape index (κ3) is 5.66. The number of ether oxygens (including phenoxy) is 1. The van der Waals surface area contributed by atoms with Crippen molar-refractivity contribution in [2.24, 2.45) is 0 Å². The number of amides is 3. The zero-order valence-electron chi connectivity index (χ0n) is 18.9. The van der Waals surface area contributed by atoms with Crippen LogP contribution in [0.4, 0.5) is 5.69 Å². The summed E-state index contributed by atoms with van der Waals surface area (Å²) < 4.78 is 5.26. The SMILES string of the molecule is COc1ccc(N(C(=O)CNC(=O)c2cccs2)[C@H](C(=O)NC2CCCC2)c2cccs2)cc1. The first-order chi connectivity index (χ1) is 16.6. The molecule has 1 aliphatic rings. The van der Waals surface area contributed by atoms with Crippen LogP contribution in [-0.2, 0) is 9.59 Å². The minimum Gasteiger partial charge on any atom is -0.497 e. The number of methoxy groups -OCH3 is 1. The van der Waals surface area contributed by atoms with E-state index in [0.717, 1.165) is 30.6 Å². The molecular weight excluding hydrogens is 470 g/mol. The fourth-order valence-electron chi connectivity index (χ4n) is 4.09. The first-order valence-electron chi connectivity index (χ1n) is 11.2. The number of benzene rings is 1. The van der Waals surface area contributed by atoms with Crippen LogP contribution >= 0.6 is 22.7 Å². The molecule has 34 heavy (non-hydrogen) atoms. The molecule has 178 valence electrons. The molecule has 3 amide bonds. The molecule has 2 N–H and O–H groups in total. The minimum atomic E-state index is -0.847. The second kappa shape index (κ2) is 11.3. The summed E-state index contributed by atoms with van der Waals surface area (Å²) in [5.74, 6) is -0.274. The van der Waals surface area contributed by atoms with Gasteiger partial charge >= 0.3 is 0 Å². The van der Waals surface area contributed by atoms with Crippen molar-refractivity contribution in [3.8, 4) is 5.75 Å². The van der Waals surface area contributed by atoms with Crippen molar-refractivity contribution >= 4 is 46.1 Å². The van der Waals surface area contributed by atoms with E-state index in [1.165, 1.54) is 27.6 Å². The lowest BCUT2D eigenvalue weighted by atomic mass is 10.1. The molecule has 3 aromatic rings. The van der Waals surface area contributed by atoms with Gasteiger partial charge in [-0.15, -0.1) is 22.7 Å². The van der Waals surface area contributed by atoms with Gasteiger partial charge in [-0.2, -0.15) is 0 Å². The number of rotatable bonds is 9. The lowest BCUT2D eigenvalue weighted by Crippen LogP contribution is -2.48. The first kappa shape index (κ1) is 24.0. The quantitative estimate of drug-likeness (QED) is 0.459. The molecule has 1 saturated carbocycles. The van der Waals surface area contributed by atoms with Crippen molar-refractivity contribution in [2.45, 2.75) is 37.8 Å². The average Bonchev–Trinajstić information content (AvgIpc) is 3.64. The standard InChI is InChI=1S/C25H27N3O4S2/c1-32-19-12-10-18(11-13-19)28(22(29)16-26-24(30)21-9-5-15-34-21)23(20-8-4-14-33-20)25(31)27-17-6-2-3-7-17/h4-5,8-15,17,23H,2-3,6-7,16H2,1H3,(H,26,30)(H,27,31)/t23-/m0/s1. The summed E-state index contributed by atoms with van der Waals surface area (Å²) in [5.41, 5.74) is 0.552. The number of anilines is 1. The van der Waals surface area contributed by atoms with E-state index in [-0.39, 0.29) is 30.3 Å². The Morgan fingerprint density at radius 3 is 2.35 bits per heavy atom. The second-order valence-electron chi connectivity index (χ2n) is 8.03. The minimum absolute atomic E-state index is 0.112. The molecule has 1 aliphatic carbocycles. The molecule has 1 atom stereocenters. The van der Waals surface area contributed by atoms with Gasteiger partial charge in [-0.1, -0.05) is 25.0 Å². The Hall–Kier alpha value is -3.17. The zero-order valence-corrected chi connectivity index (χ0v) is 20.5. The molecule has 1 aromatic carbocycles. The summed E-state index contributed by atoms with van der Waals surface area (Å²) >= 11 is 2.73. The Morgan fingerprint density at radius 1 is 1.03 bits per heavy atom. The second-order valence-corrected chi connectivity index (χ2v) is 9.96. The van der Waals surface area contributed by atoms with Crippen molar-refractivity contribution in [3.05, 3.63) is 69.0 Å². The van der Waals surface area contributed by atoms with E-state index in [0.29, 0.717) is 16.3 Å². The van der Waals surface area contributed by atoms with E-state index < -0.39 is 6.04 Å². The maximum atomic E-state index is 13.6. The Kier molecular flexibility index (Phi) is 7.97. The summed E-state index contributed by atoms with van der Waals surface area (Å²) in [4.78, 5) is 42.3. The number of carbonyl (C=O) groups excluding carboxylic acids is 3. The van der Waals surface area contributed by atoms with Crippen molar-refractivity contribution in [2.75, 3.05) is 18.6 Å². The monoisotopic (exact) mass is 497 g/mol. The number of nitrogens with zero attached hydrogens (tertiary/aromatic N) is 1. The predicted molar refractivity (Wildman–Crippen MR) is 135 cm³/mol. The zero-order chi connectivity index (χ0) is 23.9. The van der Waals surface area contributed by atoms with Gasteiger partial charge in [-0.3, -0.25) is 19.3 Å². The molecule has 0 spiro atoms. The number of thiophene rings is 2. The Balaban J connectivity index is 1.63. The molecule has 1 fully saturated rings. The van der Waals surface area contributed by atoms with Gasteiger partial charge in [0.25, 0.3) is 5.91 Å². The molecule has 0 radical (unpaired) electrons. The number of carbonyl (C=O) groups is 3. The predicted octanol–water partition coefficient (Wildman–Crippen LogP) is 4.38.